The maximum absolute atomic E-state index is 11.9. The number of amides is 1. The summed E-state index contributed by atoms with van der Waals surface area (Å²) < 4.78 is 0. The number of aromatic nitrogens is 2. The van der Waals surface area contributed by atoms with E-state index in [4.69, 9.17) is 0 Å². The maximum atomic E-state index is 11.9. The van der Waals surface area contributed by atoms with E-state index in [9.17, 15) is 19.7 Å². The molecule has 1 aromatic carbocycles. The number of nitro benzene ring substituents is 1. The van der Waals surface area contributed by atoms with Crippen LogP contribution >= 0.6 is 0 Å². The number of nitrogens with zero attached hydrogens (tertiary/aromatic N) is 2. The molecule has 1 aromatic heterocycles. The second-order valence-corrected chi connectivity index (χ2v) is 3.53. The van der Waals surface area contributed by atoms with E-state index in [1.54, 1.807) is 0 Å². The number of para-hydroxylation sites is 1. The van der Waals surface area contributed by atoms with Crippen LogP contribution < -0.4 is 10.9 Å². The zero-order valence-electron chi connectivity index (χ0n) is 9.49. The second kappa shape index (κ2) is 5.08. The molecule has 0 aliphatic carbocycles. The van der Waals surface area contributed by atoms with Gasteiger partial charge in [-0.1, -0.05) is 12.1 Å². The van der Waals surface area contributed by atoms with Crippen molar-refractivity contribution in [2.75, 3.05) is 5.32 Å². The van der Waals surface area contributed by atoms with Gasteiger partial charge >= 0.3 is 0 Å². The summed E-state index contributed by atoms with van der Waals surface area (Å²) in [5.41, 5.74) is -1.07. The number of carbonyl (C=O) groups excluding carboxylic acids is 1. The molecule has 1 heterocycles. The van der Waals surface area contributed by atoms with E-state index in [-0.39, 0.29) is 16.9 Å². The first-order chi connectivity index (χ1) is 9.09. The van der Waals surface area contributed by atoms with Crippen molar-refractivity contribution in [3.8, 4) is 0 Å². The van der Waals surface area contributed by atoms with E-state index in [1.807, 2.05) is 0 Å². The third-order valence-corrected chi connectivity index (χ3v) is 2.32. The Hall–Kier alpha value is -3.03. The van der Waals surface area contributed by atoms with Crippen LogP contribution in [0.4, 0.5) is 11.4 Å². The number of hydrogen-bond donors (Lipinski definition) is 2. The molecule has 0 atom stereocenters. The molecule has 0 fully saturated rings. The van der Waals surface area contributed by atoms with Crippen molar-refractivity contribution in [2.24, 2.45) is 0 Å². The van der Waals surface area contributed by atoms with Crippen molar-refractivity contribution in [3.05, 3.63) is 62.6 Å². The normalized spacial score (nSPS) is 9.89. The SMILES string of the molecule is O=C(Nc1ccn[nH]c1=O)c1ccccc1[N+](=O)[O-]. The van der Waals surface area contributed by atoms with Crippen LogP contribution in [0.3, 0.4) is 0 Å². The molecule has 96 valence electrons. The van der Waals surface area contributed by atoms with Gasteiger partial charge in [0, 0.05) is 12.3 Å². The standard InChI is InChI=1S/C11H8N4O4/c16-10(13-8-5-6-12-14-11(8)17)7-3-1-2-4-9(7)15(18)19/h1-6H,(H,14,17)(H,12,13,16). The van der Waals surface area contributed by atoms with E-state index in [1.165, 1.54) is 36.5 Å². The minimum absolute atomic E-state index is 0.0295. The molecule has 0 saturated carbocycles. The van der Waals surface area contributed by atoms with Gasteiger partial charge in [0.15, 0.2) is 0 Å². The van der Waals surface area contributed by atoms with Crippen molar-refractivity contribution in [3.63, 3.8) is 0 Å². The lowest BCUT2D eigenvalue weighted by Crippen LogP contribution is -2.20. The highest BCUT2D eigenvalue weighted by Gasteiger charge is 2.19. The molecule has 8 heteroatoms. The first kappa shape index (κ1) is 12.4. The molecule has 0 unspecified atom stereocenters. The fraction of sp³-hybridized carbons (Fsp3) is 0. The van der Waals surface area contributed by atoms with Gasteiger partial charge in [-0.3, -0.25) is 19.7 Å². The molecule has 0 bridgehead atoms. The lowest BCUT2D eigenvalue weighted by molar-refractivity contribution is -0.385. The van der Waals surface area contributed by atoms with Gasteiger partial charge in [0.05, 0.1) is 4.92 Å². The van der Waals surface area contributed by atoms with Crippen LogP contribution in [0.5, 0.6) is 0 Å². The minimum atomic E-state index is -0.732. The van der Waals surface area contributed by atoms with E-state index < -0.39 is 16.4 Å². The van der Waals surface area contributed by atoms with Crippen LogP contribution in [0.2, 0.25) is 0 Å². The Bertz CT molecular complexity index is 695. The Balaban J connectivity index is 2.34. The van der Waals surface area contributed by atoms with Crippen LogP contribution in [-0.4, -0.2) is 21.0 Å². The molecule has 1 amide bonds. The summed E-state index contributed by atoms with van der Waals surface area (Å²) in [6, 6.07) is 6.77. The van der Waals surface area contributed by atoms with Crippen molar-refractivity contribution in [2.45, 2.75) is 0 Å². The molecule has 2 aromatic rings. The largest absolute Gasteiger partial charge is 0.317 e. The lowest BCUT2D eigenvalue weighted by atomic mass is 10.1. The molecule has 0 spiro atoms. The zero-order chi connectivity index (χ0) is 13.8. The summed E-state index contributed by atoms with van der Waals surface area (Å²) in [4.78, 5) is 33.4. The Morgan fingerprint density at radius 2 is 2.05 bits per heavy atom. The molecule has 8 nitrogen and oxygen atoms in total. The van der Waals surface area contributed by atoms with Crippen molar-refractivity contribution >= 4 is 17.3 Å². The van der Waals surface area contributed by atoms with Gasteiger partial charge in [-0.15, -0.1) is 0 Å². The number of aromatic amines is 1. The fourth-order valence-corrected chi connectivity index (χ4v) is 1.46. The molecule has 0 saturated heterocycles. The summed E-state index contributed by atoms with van der Waals surface area (Å²) in [7, 11) is 0. The molecular weight excluding hydrogens is 252 g/mol. The van der Waals surface area contributed by atoms with E-state index >= 15 is 0 Å². The fourth-order valence-electron chi connectivity index (χ4n) is 1.46. The third-order valence-electron chi connectivity index (χ3n) is 2.32. The van der Waals surface area contributed by atoms with E-state index in [2.05, 4.69) is 15.5 Å². The first-order valence-corrected chi connectivity index (χ1v) is 5.18. The second-order valence-electron chi connectivity index (χ2n) is 3.53. The number of rotatable bonds is 3. The summed E-state index contributed by atoms with van der Waals surface area (Å²) >= 11 is 0. The van der Waals surface area contributed by atoms with Crippen LogP contribution in [0.15, 0.2) is 41.3 Å². The highest BCUT2D eigenvalue weighted by molar-refractivity contribution is 6.06. The Labute approximate surface area is 106 Å². The van der Waals surface area contributed by atoms with Gasteiger partial charge in [0.1, 0.15) is 11.3 Å². The minimum Gasteiger partial charge on any atom is -0.317 e. The van der Waals surface area contributed by atoms with Crippen LogP contribution in [0.1, 0.15) is 10.4 Å². The highest BCUT2D eigenvalue weighted by Crippen LogP contribution is 2.18. The summed E-state index contributed by atoms with van der Waals surface area (Å²) in [5.74, 6) is -0.732. The molecular formula is C11H8N4O4. The van der Waals surface area contributed by atoms with Crippen LogP contribution in [0, 0.1) is 10.1 Å². The van der Waals surface area contributed by atoms with Crippen molar-refractivity contribution in [1.29, 1.82) is 0 Å². The predicted octanol–water partition coefficient (Wildman–Crippen LogP) is 0.930. The van der Waals surface area contributed by atoms with Crippen molar-refractivity contribution in [1.82, 2.24) is 10.2 Å². The summed E-state index contributed by atoms with van der Waals surface area (Å²) in [5, 5.41) is 18.7. The molecule has 2 N–H and O–H groups in total. The smallest absolute Gasteiger partial charge is 0.287 e. The molecule has 0 radical (unpaired) electrons. The topological polar surface area (TPSA) is 118 Å². The quantitative estimate of drug-likeness (QED) is 0.628. The number of hydrogen-bond acceptors (Lipinski definition) is 5. The lowest BCUT2D eigenvalue weighted by Gasteiger charge is -2.04. The zero-order valence-corrected chi connectivity index (χ0v) is 9.49. The van der Waals surface area contributed by atoms with Gasteiger partial charge in [-0.25, -0.2) is 5.10 Å². The molecule has 0 aliphatic rings. The van der Waals surface area contributed by atoms with Crippen molar-refractivity contribution < 1.29 is 9.72 Å². The monoisotopic (exact) mass is 260 g/mol. The van der Waals surface area contributed by atoms with Crippen LogP contribution in [-0.2, 0) is 0 Å². The maximum Gasteiger partial charge on any atom is 0.287 e. The number of benzene rings is 1. The number of nitro groups is 1. The molecule has 19 heavy (non-hydrogen) atoms. The van der Waals surface area contributed by atoms with E-state index in [0.29, 0.717) is 0 Å². The Morgan fingerprint density at radius 3 is 2.74 bits per heavy atom. The van der Waals surface area contributed by atoms with Crippen LogP contribution in [0.25, 0.3) is 0 Å². The molecule has 2 rings (SSSR count). The highest BCUT2D eigenvalue weighted by atomic mass is 16.6. The van der Waals surface area contributed by atoms with Gasteiger partial charge < -0.3 is 5.32 Å². The molecule has 0 aliphatic heterocycles. The number of anilines is 1. The summed E-state index contributed by atoms with van der Waals surface area (Å²) in [6.07, 6.45) is 1.29. The average Bonchev–Trinajstić information content (AvgIpc) is 2.41. The number of nitrogens with one attached hydrogen (secondary N) is 2. The van der Waals surface area contributed by atoms with Gasteiger partial charge in [-0.05, 0) is 12.1 Å². The summed E-state index contributed by atoms with van der Waals surface area (Å²) in [6.45, 7) is 0. The number of carbonyl (C=O) groups is 1. The Kier molecular flexibility index (Phi) is 3.33. The third kappa shape index (κ3) is 2.63. The predicted molar refractivity (Wildman–Crippen MR) is 65.9 cm³/mol. The van der Waals surface area contributed by atoms with Gasteiger partial charge in [-0.2, -0.15) is 5.10 Å². The van der Waals surface area contributed by atoms with E-state index in [0.717, 1.165) is 0 Å². The Morgan fingerprint density at radius 1 is 1.32 bits per heavy atom. The van der Waals surface area contributed by atoms with Gasteiger partial charge in [0.25, 0.3) is 17.2 Å². The number of H-pyrrole nitrogens is 1. The first-order valence-electron chi connectivity index (χ1n) is 5.18. The van der Waals surface area contributed by atoms with Gasteiger partial charge in [0.2, 0.25) is 0 Å². The average molecular weight is 260 g/mol.